The fourth-order valence-corrected chi connectivity index (χ4v) is 2.11. The van der Waals surface area contributed by atoms with Crippen LogP contribution in [0.3, 0.4) is 0 Å². The monoisotopic (exact) mass is 317 g/mol. The molecule has 2 aromatic rings. The van der Waals surface area contributed by atoms with Crippen LogP contribution in [0.2, 0.25) is 0 Å². The van der Waals surface area contributed by atoms with Gasteiger partial charge in [-0.05, 0) is 49.9 Å². The molecule has 0 radical (unpaired) electrons. The molecule has 1 heterocycles. The Bertz CT molecular complexity index is 594. The van der Waals surface area contributed by atoms with E-state index in [-0.39, 0.29) is 18.6 Å². The molecular formula is C17H23N3O3. The summed E-state index contributed by atoms with van der Waals surface area (Å²) in [6, 6.07) is 7.33. The number of ether oxygens (including phenoxy) is 1. The van der Waals surface area contributed by atoms with E-state index < -0.39 is 0 Å². The molecule has 0 saturated heterocycles. The summed E-state index contributed by atoms with van der Waals surface area (Å²) in [5.41, 5.74) is 0.807. The number of rotatable bonds is 8. The van der Waals surface area contributed by atoms with Gasteiger partial charge >= 0.3 is 0 Å². The molecule has 6 heteroatoms. The first kappa shape index (κ1) is 17.0. The van der Waals surface area contributed by atoms with Crippen LogP contribution in [-0.4, -0.2) is 28.8 Å². The molecule has 0 aliphatic carbocycles. The molecular weight excluding hydrogens is 294 g/mol. The van der Waals surface area contributed by atoms with Crippen LogP contribution < -0.4 is 10.1 Å². The Morgan fingerprint density at radius 3 is 2.57 bits per heavy atom. The van der Waals surface area contributed by atoms with Gasteiger partial charge in [-0.25, -0.2) is 0 Å². The minimum atomic E-state index is -0.109. The normalized spacial score (nSPS) is 12.2. The van der Waals surface area contributed by atoms with E-state index in [0.29, 0.717) is 17.6 Å². The van der Waals surface area contributed by atoms with E-state index in [4.69, 9.17) is 9.15 Å². The van der Waals surface area contributed by atoms with Gasteiger partial charge in [0.2, 0.25) is 12.3 Å². The lowest BCUT2D eigenvalue weighted by molar-refractivity contribution is -0.123. The number of nitrogens with zero attached hydrogens (tertiary/aromatic N) is 2. The maximum Gasteiger partial charge on any atom is 0.258 e. The largest absolute Gasteiger partial charge is 0.484 e. The molecule has 1 N–H and O–H groups in total. The summed E-state index contributed by atoms with van der Waals surface area (Å²) in [4.78, 5) is 11.9. The number of hydrogen-bond donors (Lipinski definition) is 1. The Kier molecular flexibility index (Phi) is 6.14. The molecule has 1 atom stereocenters. The van der Waals surface area contributed by atoms with Crippen molar-refractivity contribution in [2.45, 2.75) is 39.7 Å². The van der Waals surface area contributed by atoms with Crippen molar-refractivity contribution < 1.29 is 13.9 Å². The van der Waals surface area contributed by atoms with Crippen molar-refractivity contribution in [1.82, 2.24) is 15.5 Å². The van der Waals surface area contributed by atoms with E-state index in [1.54, 1.807) is 12.1 Å². The molecule has 6 nitrogen and oxygen atoms in total. The SMILES string of the molecule is CC(C)CCC(C)NC(=O)COc1ccc(-c2nnco2)cc1. The molecule has 124 valence electrons. The molecule has 0 aliphatic heterocycles. The Hall–Kier alpha value is -2.37. The minimum absolute atomic E-state index is 0.00588. The molecule has 0 saturated carbocycles. The summed E-state index contributed by atoms with van der Waals surface area (Å²) in [5.74, 6) is 1.61. The lowest BCUT2D eigenvalue weighted by Crippen LogP contribution is -2.36. The Labute approximate surface area is 136 Å². The average Bonchev–Trinajstić information content (AvgIpc) is 3.06. The zero-order valence-electron chi connectivity index (χ0n) is 13.8. The second-order valence-electron chi connectivity index (χ2n) is 6.00. The van der Waals surface area contributed by atoms with E-state index in [1.165, 1.54) is 6.39 Å². The highest BCUT2D eigenvalue weighted by Crippen LogP contribution is 2.20. The smallest absolute Gasteiger partial charge is 0.258 e. The highest BCUT2D eigenvalue weighted by atomic mass is 16.5. The van der Waals surface area contributed by atoms with Crippen LogP contribution in [0.25, 0.3) is 11.5 Å². The summed E-state index contributed by atoms with van der Waals surface area (Å²) in [6.45, 7) is 6.37. The highest BCUT2D eigenvalue weighted by Gasteiger charge is 2.09. The van der Waals surface area contributed by atoms with Crippen LogP contribution in [0.1, 0.15) is 33.6 Å². The van der Waals surface area contributed by atoms with Crippen molar-refractivity contribution in [3.05, 3.63) is 30.7 Å². The van der Waals surface area contributed by atoms with E-state index in [2.05, 4.69) is 29.4 Å². The van der Waals surface area contributed by atoms with Gasteiger partial charge in [0.25, 0.3) is 5.91 Å². The Morgan fingerprint density at radius 1 is 1.22 bits per heavy atom. The quantitative estimate of drug-likeness (QED) is 0.809. The molecule has 23 heavy (non-hydrogen) atoms. The van der Waals surface area contributed by atoms with Crippen molar-refractivity contribution in [2.24, 2.45) is 5.92 Å². The van der Waals surface area contributed by atoms with Crippen molar-refractivity contribution >= 4 is 5.91 Å². The maximum absolute atomic E-state index is 11.9. The third kappa shape index (κ3) is 5.73. The van der Waals surface area contributed by atoms with Gasteiger partial charge in [-0.15, -0.1) is 10.2 Å². The van der Waals surface area contributed by atoms with Gasteiger partial charge in [-0.3, -0.25) is 4.79 Å². The lowest BCUT2D eigenvalue weighted by Gasteiger charge is -2.15. The summed E-state index contributed by atoms with van der Waals surface area (Å²) < 4.78 is 10.6. The number of benzene rings is 1. The first-order valence-corrected chi connectivity index (χ1v) is 7.83. The van der Waals surface area contributed by atoms with Crippen LogP contribution >= 0.6 is 0 Å². The van der Waals surface area contributed by atoms with E-state index in [9.17, 15) is 4.79 Å². The first-order valence-electron chi connectivity index (χ1n) is 7.83. The van der Waals surface area contributed by atoms with E-state index in [0.717, 1.165) is 18.4 Å². The molecule has 0 spiro atoms. The zero-order valence-corrected chi connectivity index (χ0v) is 13.8. The standard InChI is InChI=1S/C17H23N3O3/c1-12(2)4-5-13(3)19-16(21)10-22-15-8-6-14(7-9-15)17-20-18-11-23-17/h6-9,11-13H,4-5,10H2,1-3H3,(H,19,21). The first-order chi connectivity index (χ1) is 11.0. The topological polar surface area (TPSA) is 77.2 Å². The van der Waals surface area contributed by atoms with Crippen molar-refractivity contribution in [3.8, 4) is 17.2 Å². The van der Waals surface area contributed by atoms with Gasteiger partial charge in [0.1, 0.15) is 5.75 Å². The Morgan fingerprint density at radius 2 is 1.96 bits per heavy atom. The highest BCUT2D eigenvalue weighted by molar-refractivity contribution is 5.77. The molecule has 1 aromatic carbocycles. The van der Waals surface area contributed by atoms with Crippen LogP contribution in [0.15, 0.2) is 35.1 Å². The van der Waals surface area contributed by atoms with Gasteiger partial charge in [0.15, 0.2) is 6.61 Å². The number of hydrogen-bond acceptors (Lipinski definition) is 5. The predicted molar refractivity (Wildman–Crippen MR) is 86.9 cm³/mol. The lowest BCUT2D eigenvalue weighted by atomic mass is 10.0. The second kappa shape index (κ2) is 8.31. The summed E-state index contributed by atoms with van der Waals surface area (Å²) >= 11 is 0. The summed E-state index contributed by atoms with van der Waals surface area (Å²) in [7, 11) is 0. The van der Waals surface area contributed by atoms with E-state index >= 15 is 0 Å². The minimum Gasteiger partial charge on any atom is -0.484 e. The maximum atomic E-state index is 11.9. The third-order valence-electron chi connectivity index (χ3n) is 3.42. The predicted octanol–water partition coefficient (Wildman–Crippen LogP) is 3.06. The van der Waals surface area contributed by atoms with Crippen LogP contribution in [-0.2, 0) is 4.79 Å². The molecule has 1 aromatic heterocycles. The van der Waals surface area contributed by atoms with Crippen LogP contribution in [0.4, 0.5) is 0 Å². The number of nitrogens with one attached hydrogen (secondary N) is 1. The van der Waals surface area contributed by atoms with Gasteiger partial charge in [-0.1, -0.05) is 13.8 Å². The number of amides is 1. The van der Waals surface area contributed by atoms with Crippen molar-refractivity contribution in [1.29, 1.82) is 0 Å². The molecule has 0 bridgehead atoms. The fourth-order valence-electron chi connectivity index (χ4n) is 2.11. The Balaban J connectivity index is 1.76. The van der Waals surface area contributed by atoms with E-state index in [1.807, 2.05) is 19.1 Å². The second-order valence-corrected chi connectivity index (χ2v) is 6.00. The molecule has 1 amide bonds. The van der Waals surface area contributed by atoms with Crippen LogP contribution in [0, 0.1) is 5.92 Å². The van der Waals surface area contributed by atoms with Gasteiger partial charge in [-0.2, -0.15) is 0 Å². The number of carbonyl (C=O) groups excluding carboxylic acids is 1. The number of carbonyl (C=O) groups is 1. The van der Waals surface area contributed by atoms with Gasteiger partial charge in [0, 0.05) is 11.6 Å². The zero-order chi connectivity index (χ0) is 16.7. The summed E-state index contributed by atoms with van der Waals surface area (Å²) in [6.07, 6.45) is 3.35. The van der Waals surface area contributed by atoms with Gasteiger partial charge in [0.05, 0.1) is 0 Å². The average molecular weight is 317 g/mol. The van der Waals surface area contributed by atoms with Gasteiger partial charge < -0.3 is 14.5 Å². The number of aromatic nitrogens is 2. The van der Waals surface area contributed by atoms with Crippen LogP contribution in [0.5, 0.6) is 5.75 Å². The third-order valence-corrected chi connectivity index (χ3v) is 3.42. The summed E-state index contributed by atoms with van der Waals surface area (Å²) in [5, 5.41) is 10.4. The molecule has 0 aliphatic rings. The molecule has 2 rings (SSSR count). The fraction of sp³-hybridized carbons (Fsp3) is 0.471. The molecule has 1 unspecified atom stereocenters. The molecule has 0 fully saturated rings. The van der Waals surface area contributed by atoms with Crippen molar-refractivity contribution in [2.75, 3.05) is 6.61 Å². The van der Waals surface area contributed by atoms with Crippen molar-refractivity contribution in [3.63, 3.8) is 0 Å².